The number of carbonyl (C=O) groups is 1. The summed E-state index contributed by atoms with van der Waals surface area (Å²) >= 11 is 0. The van der Waals surface area contributed by atoms with E-state index in [1.807, 2.05) is 64.2 Å². The molecule has 1 amide bonds. The summed E-state index contributed by atoms with van der Waals surface area (Å²) in [6.07, 6.45) is 3.54. The van der Waals surface area contributed by atoms with Crippen molar-refractivity contribution >= 4 is 22.6 Å². The number of nitrogens with one attached hydrogen (secondary N) is 2. The van der Waals surface area contributed by atoms with Crippen LogP contribution in [0.1, 0.15) is 55.2 Å². The highest BCUT2D eigenvalue weighted by atomic mass is 16.2. The molecule has 0 unspecified atom stereocenters. The molecule has 34 heavy (non-hydrogen) atoms. The minimum absolute atomic E-state index is 0.00931. The van der Waals surface area contributed by atoms with Gasteiger partial charge in [-0.15, -0.1) is 0 Å². The van der Waals surface area contributed by atoms with Crippen LogP contribution in [0.4, 0.5) is 5.69 Å². The van der Waals surface area contributed by atoms with Gasteiger partial charge in [-0.25, -0.2) is 9.78 Å². The van der Waals surface area contributed by atoms with Crippen LogP contribution in [0.2, 0.25) is 0 Å². The van der Waals surface area contributed by atoms with Gasteiger partial charge in [0.1, 0.15) is 0 Å². The Labute approximate surface area is 196 Å². The van der Waals surface area contributed by atoms with Crippen LogP contribution in [0.25, 0.3) is 11.0 Å². The van der Waals surface area contributed by atoms with Crippen LogP contribution in [0, 0.1) is 5.92 Å². The molecule has 0 aliphatic carbocycles. The molecular formula is C25H28N6O3. The van der Waals surface area contributed by atoms with Crippen molar-refractivity contribution in [2.45, 2.75) is 46.7 Å². The Kier molecular flexibility index (Phi) is 6.45. The first-order valence-corrected chi connectivity index (χ1v) is 11.3. The van der Waals surface area contributed by atoms with Gasteiger partial charge in [0.05, 0.1) is 17.5 Å². The van der Waals surface area contributed by atoms with Crippen LogP contribution < -0.4 is 16.6 Å². The molecule has 0 saturated carbocycles. The normalized spacial score (nSPS) is 11.5. The molecule has 0 fully saturated rings. The molecule has 1 aromatic carbocycles. The SMILES string of the molecule is CC(C)Cn1c(=O)[nH]c(=O)c2c(C(=O)Nc3ccccc3Cn3cccn3)cc(C(C)C)nc21. The Morgan fingerprint density at radius 3 is 2.56 bits per heavy atom. The predicted molar refractivity (Wildman–Crippen MR) is 131 cm³/mol. The fourth-order valence-corrected chi connectivity index (χ4v) is 3.84. The number of hydrogen-bond donors (Lipinski definition) is 2. The van der Waals surface area contributed by atoms with Crippen LogP contribution in [0.15, 0.2) is 58.4 Å². The Hall–Kier alpha value is -4.01. The van der Waals surface area contributed by atoms with Crippen LogP contribution in [-0.4, -0.2) is 30.2 Å². The maximum absolute atomic E-state index is 13.5. The topological polar surface area (TPSA) is 115 Å². The summed E-state index contributed by atoms with van der Waals surface area (Å²) in [7, 11) is 0. The highest BCUT2D eigenvalue weighted by Gasteiger charge is 2.21. The van der Waals surface area contributed by atoms with Gasteiger partial charge < -0.3 is 5.32 Å². The number of carbonyl (C=O) groups excluding carboxylic acids is 1. The molecule has 0 aliphatic rings. The summed E-state index contributed by atoms with van der Waals surface area (Å²) in [6.45, 7) is 8.70. The zero-order valence-corrected chi connectivity index (χ0v) is 19.7. The smallest absolute Gasteiger partial charge is 0.322 e. The first-order chi connectivity index (χ1) is 16.2. The van der Waals surface area contributed by atoms with Crippen molar-refractivity contribution < 1.29 is 4.79 Å². The van der Waals surface area contributed by atoms with Crippen molar-refractivity contribution in [3.63, 3.8) is 0 Å². The Balaban J connectivity index is 1.84. The van der Waals surface area contributed by atoms with E-state index in [0.717, 1.165) is 5.56 Å². The molecule has 0 radical (unpaired) electrons. The van der Waals surface area contributed by atoms with E-state index in [2.05, 4.69) is 20.4 Å². The largest absolute Gasteiger partial charge is 0.330 e. The summed E-state index contributed by atoms with van der Waals surface area (Å²) in [4.78, 5) is 46.0. The van der Waals surface area contributed by atoms with Gasteiger partial charge in [-0.3, -0.25) is 23.8 Å². The number of para-hydroxylation sites is 1. The third-order valence-electron chi connectivity index (χ3n) is 5.51. The Morgan fingerprint density at radius 2 is 1.88 bits per heavy atom. The Bertz CT molecular complexity index is 1450. The second-order valence-electron chi connectivity index (χ2n) is 9.03. The molecule has 176 valence electrons. The number of nitrogens with zero attached hydrogens (tertiary/aromatic N) is 4. The van der Waals surface area contributed by atoms with Gasteiger partial charge in [0, 0.05) is 30.3 Å². The van der Waals surface area contributed by atoms with Gasteiger partial charge in [-0.2, -0.15) is 5.10 Å². The van der Waals surface area contributed by atoms with Crippen molar-refractivity contribution in [1.29, 1.82) is 0 Å². The maximum Gasteiger partial charge on any atom is 0.330 e. The average Bonchev–Trinajstić information content (AvgIpc) is 3.30. The fourth-order valence-electron chi connectivity index (χ4n) is 3.84. The standard InChI is InChI=1S/C25H28N6O3/c1-15(2)13-31-22-21(24(33)29-25(31)34)18(12-20(27-22)16(3)4)23(32)28-19-9-6-5-8-17(19)14-30-11-7-10-26-30/h5-12,15-16H,13-14H2,1-4H3,(H,28,32)(H,29,33,34). The lowest BCUT2D eigenvalue weighted by Crippen LogP contribution is -2.33. The summed E-state index contributed by atoms with van der Waals surface area (Å²) in [6, 6.07) is 10.9. The molecule has 0 atom stereocenters. The molecule has 0 aliphatic heterocycles. The molecule has 4 aromatic rings. The zero-order valence-electron chi connectivity index (χ0n) is 19.7. The number of fused-ring (bicyclic) bond motifs is 1. The van der Waals surface area contributed by atoms with Crippen LogP contribution in [-0.2, 0) is 13.1 Å². The van der Waals surface area contributed by atoms with E-state index in [1.54, 1.807) is 16.9 Å². The first kappa shape index (κ1) is 23.2. The molecule has 4 rings (SSSR count). The number of H-pyrrole nitrogens is 1. The molecule has 0 saturated heterocycles. The second kappa shape index (κ2) is 9.46. The number of pyridine rings is 1. The lowest BCUT2D eigenvalue weighted by Gasteiger charge is -2.16. The van der Waals surface area contributed by atoms with Crippen molar-refractivity contribution in [3.05, 3.63) is 86.5 Å². The average molecular weight is 461 g/mol. The summed E-state index contributed by atoms with van der Waals surface area (Å²) in [5.41, 5.74) is 1.36. The van der Waals surface area contributed by atoms with E-state index in [9.17, 15) is 14.4 Å². The summed E-state index contributed by atoms with van der Waals surface area (Å²) in [5.74, 6) is -0.310. The monoisotopic (exact) mass is 460 g/mol. The summed E-state index contributed by atoms with van der Waals surface area (Å²) in [5, 5.41) is 7.29. The van der Waals surface area contributed by atoms with E-state index >= 15 is 0 Å². The van der Waals surface area contributed by atoms with Crippen LogP contribution in [0.5, 0.6) is 0 Å². The number of anilines is 1. The summed E-state index contributed by atoms with van der Waals surface area (Å²) < 4.78 is 3.20. The minimum atomic E-state index is -0.627. The van der Waals surface area contributed by atoms with E-state index in [4.69, 9.17) is 0 Å². The number of aromatic nitrogens is 5. The van der Waals surface area contributed by atoms with Crippen molar-refractivity contribution in [2.24, 2.45) is 5.92 Å². The zero-order chi connectivity index (χ0) is 24.4. The molecule has 2 N–H and O–H groups in total. The fraction of sp³-hybridized carbons (Fsp3) is 0.320. The van der Waals surface area contributed by atoms with Gasteiger partial charge in [0.15, 0.2) is 5.65 Å². The van der Waals surface area contributed by atoms with Crippen molar-refractivity contribution in [3.8, 4) is 0 Å². The molecule has 3 aromatic heterocycles. The first-order valence-electron chi connectivity index (χ1n) is 11.3. The third-order valence-corrected chi connectivity index (χ3v) is 5.51. The van der Waals surface area contributed by atoms with Crippen LogP contribution in [0.3, 0.4) is 0 Å². The minimum Gasteiger partial charge on any atom is -0.322 e. The van der Waals surface area contributed by atoms with E-state index in [0.29, 0.717) is 24.5 Å². The Morgan fingerprint density at radius 1 is 1.12 bits per heavy atom. The number of benzene rings is 1. The molecule has 0 spiro atoms. The highest BCUT2D eigenvalue weighted by molar-refractivity contribution is 6.12. The van der Waals surface area contributed by atoms with E-state index < -0.39 is 17.2 Å². The van der Waals surface area contributed by atoms with Gasteiger partial charge in [0.25, 0.3) is 11.5 Å². The lowest BCUT2D eigenvalue weighted by atomic mass is 10.0. The number of amides is 1. The van der Waals surface area contributed by atoms with E-state index in [1.165, 1.54) is 4.57 Å². The quantitative estimate of drug-likeness (QED) is 0.439. The van der Waals surface area contributed by atoms with Gasteiger partial charge in [0.2, 0.25) is 0 Å². The number of aromatic amines is 1. The molecule has 0 bridgehead atoms. The predicted octanol–water partition coefficient (Wildman–Crippen LogP) is 3.36. The maximum atomic E-state index is 13.5. The van der Waals surface area contributed by atoms with E-state index in [-0.39, 0.29) is 28.4 Å². The molecular weight excluding hydrogens is 432 g/mol. The molecule has 9 nitrogen and oxygen atoms in total. The van der Waals surface area contributed by atoms with Gasteiger partial charge in [-0.05, 0) is 35.6 Å². The van der Waals surface area contributed by atoms with Crippen molar-refractivity contribution in [2.75, 3.05) is 5.32 Å². The second-order valence-corrected chi connectivity index (χ2v) is 9.03. The molecule has 9 heteroatoms. The number of rotatable bonds is 7. The lowest BCUT2D eigenvalue weighted by molar-refractivity contribution is 0.102. The molecule has 3 heterocycles. The van der Waals surface area contributed by atoms with Gasteiger partial charge in [-0.1, -0.05) is 45.9 Å². The highest BCUT2D eigenvalue weighted by Crippen LogP contribution is 2.23. The van der Waals surface area contributed by atoms with Gasteiger partial charge >= 0.3 is 5.69 Å². The number of hydrogen-bond acceptors (Lipinski definition) is 5. The van der Waals surface area contributed by atoms with Crippen LogP contribution >= 0.6 is 0 Å². The third kappa shape index (κ3) is 4.68. The van der Waals surface area contributed by atoms with Crippen molar-refractivity contribution in [1.82, 2.24) is 24.3 Å².